The molecule has 1 heterocycles. The summed E-state index contributed by atoms with van der Waals surface area (Å²) in [5.74, 6) is -2.18. The molecule has 0 spiro atoms. The summed E-state index contributed by atoms with van der Waals surface area (Å²) < 4.78 is 36.3. The first-order chi connectivity index (χ1) is 6.63. The van der Waals surface area contributed by atoms with Crippen molar-refractivity contribution in [3.05, 3.63) is 36.4 Å². The molecule has 0 bridgehead atoms. The highest BCUT2D eigenvalue weighted by Gasteiger charge is 2.29. The number of alkyl halides is 2. The Hall–Kier alpha value is -1.58. The maximum Gasteiger partial charge on any atom is 0.291 e. The second-order valence-electron chi connectivity index (χ2n) is 2.90. The number of hydrogen-bond acceptors (Lipinski definition) is 2. The van der Waals surface area contributed by atoms with Crippen LogP contribution in [0.25, 0.3) is 0 Å². The van der Waals surface area contributed by atoms with Crippen LogP contribution in [-0.4, -0.2) is 6.79 Å². The van der Waals surface area contributed by atoms with Crippen molar-refractivity contribution in [2.75, 3.05) is 6.79 Å². The number of halogens is 2. The highest BCUT2D eigenvalue weighted by molar-refractivity contribution is 5.46. The quantitative estimate of drug-likeness (QED) is 0.680. The first kappa shape index (κ1) is 8.99. The minimum Gasteiger partial charge on any atom is -0.454 e. The smallest absolute Gasteiger partial charge is 0.291 e. The van der Waals surface area contributed by atoms with Crippen LogP contribution in [-0.2, 0) is 5.92 Å². The van der Waals surface area contributed by atoms with Crippen molar-refractivity contribution in [3.63, 3.8) is 0 Å². The van der Waals surface area contributed by atoms with Crippen LogP contribution in [0.2, 0.25) is 0 Å². The summed E-state index contributed by atoms with van der Waals surface area (Å²) in [6.45, 7) is 3.16. The molecule has 0 aliphatic carbocycles. The van der Waals surface area contributed by atoms with Crippen molar-refractivity contribution in [1.82, 2.24) is 0 Å². The van der Waals surface area contributed by atoms with Crippen LogP contribution in [0.15, 0.2) is 30.9 Å². The molecule has 1 aliphatic heterocycles. The number of hydrogen-bond donors (Lipinski definition) is 0. The summed E-state index contributed by atoms with van der Waals surface area (Å²) in [7, 11) is 0. The largest absolute Gasteiger partial charge is 0.454 e. The molecule has 0 atom stereocenters. The van der Waals surface area contributed by atoms with Gasteiger partial charge in [-0.1, -0.05) is 6.58 Å². The molecule has 0 fully saturated rings. The van der Waals surface area contributed by atoms with Gasteiger partial charge in [-0.05, 0) is 24.3 Å². The fourth-order valence-corrected chi connectivity index (χ4v) is 1.22. The Morgan fingerprint density at radius 3 is 2.71 bits per heavy atom. The van der Waals surface area contributed by atoms with Gasteiger partial charge in [0.05, 0.1) is 0 Å². The molecule has 14 heavy (non-hydrogen) atoms. The predicted octanol–water partition coefficient (Wildman–Crippen LogP) is 2.69. The van der Waals surface area contributed by atoms with Crippen molar-refractivity contribution < 1.29 is 18.3 Å². The third-order valence-corrected chi connectivity index (χ3v) is 2.01. The van der Waals surface area contributed by atoms with E-state index in [4.69, 9.17) is 9.47 Å². The van der Waals surface area contributed by atoms with Crippen molar-refractivity contribution in [2.24, 2.45) is 0 Å². The van der Waals surface area contributed by atoms with E-state index in [2.05, 4.69) is 6.58 Å². The molecule has 1 aromatic rings. The third-order valence-electron chi connectivity index (χ3n) is 2.01. The molecular formula is C10H8F2O2. The average molecular weight is 198 g/mol. The molecule has 0 unspecified atom stereocenters. The molecule has 1 aliphatic rings. The minimum absolute atomic E-state index is 0.0818. The second-order valence-corrected chi connectivity index (χ2v) is 2.90. The van der Waals surface area contributed by atoms with Crippen LogP contribution in [0.5, 0.6) is 11.5 Å². The predicted molar refractivity (Wildman–Crippen MR) is 46.7 cm³/mol. The van der Waals surface area contributed by atoms with Gasteiger partial charge in [-0.2, -0.15) is 8.78 Å². The Balaban J connectivity index is 2.42. The highest BCUT2D eigenvalue weighted by Crippen LogP contribution is 2.38. The van der Waals surface area contributed by atoms with Crippen LogP contribution in [0.4, 0.5) is 8.78 Å². The molecule has 1 aromatic carbocycles. The first-order valence-corrected chi connectivity index (χ1v) is 4.05. The van der Waals surface area contributed by atoms with E-state index in [0.717, 1.165) is 0 Å². The van der Waals surface area contributed by atoms with Gasteiger partial charge in [0.15, 0.2) is 11.5 Å². The average Bonchev–Trinajstić information content (AvgIpc) is 2.64. The molecule has 0 saturated heterocycles. The van der Waals surface area contributed by atoms with E-state index in [-0.39, 0.29) is 12.4 Å². The Morgan fingerprint density at radius 1 is 1.29 bits per heavy atom. The minimum atomic E-state index is -3.03. The summed E-state index contributed by atoms with van der Waals surface area (Å²) in [6, 6.07) is 4.04. The Bertz CT molecular complexity index is 374. The van der Waals surface area contributed by atoms with Gasteiger partial charge in [0.1, 0.15) is 0 Å². The molecule has 0 aromatic heterocycles. The third kappa shape index (κ3) is 1.32. The first-order valence-electron chi connectivity index (χ1n) is 4.05. The van der Waals surface area contributed by atoms with Gasteiger partial charge >= 0.3 is 0 Å². The number of fused-ring (bicyclic) bond motifs is 1. The standard InChI is InChI=1S/C10H8F2O2/c1-2-10(11,12)7-3-4-8-9(5-7)14-6-13-8/h2-5H,1,6H2. The van der Waals surface area contributed by atoms with Crippen molar-refractivity contribution in [1.29, 1.82) is 0 Å². The highest BCUT2D eigenvalue weighted by atomic mass is 19.3. The van der Waals surface area contributed by atoms with Gasteiger partial charge in [-0.15, -0.1) is 0 Å². The molecule has 0 N–H and O–H groups in total. The lowest BCUT2D eigenvalue weighted by Crippen LogP contribution is -2.08. The Kier molecular flexibility index (Phi) is 1.91. The van der Waals surface area contributed by atoms with E-state index in [1.807, 2.05) is 0 Å². The van der Waals surface area contributed by atoms with Gasteiger partial charge in [0.2, 0.25) is 6.79 Å². The van der Waals surface area contributed by atoms with E-state index in [1.165, 1.54) is 18.2 Å². The zero-order valence-corrected chi connectivity index (χ0v) is 7.30. The Morgan fingerprint density at radius 2 is 2.00 bits per heavy atom. The monoisotopic (exact) mass is 198 g/mol. The summed E-state index contributed by atoms with van der Waals surface area (Å²) in [5.41, 5.74) is -0.142. The fraction of sp³-hybridized carbons (Fsp3) is 0.200. The van der Waals surface area contributed by atoms with Gasteiger partial charge < -0.3 is 9.47 Å². The summed E-state index contributed by atoms with van der Waals surface area (Å²) in [4.78, 5) is 0. The van der Waals surface area contributed by atoms with Crippen molar-refractivity contribution in [3.8, 4) is 11.5 Å². The zero-order chi connectivity index (χ0) is 10.2. The lowest BCUT2D eigenvalue weighted by atomic mass is 10.1. The van der Waals surface area contributed by atoms with E-state index in [9.17, 15) is 8.78 Å². The number of rotatable bonds is 2. The van der Waals surface area contributed by atoms with Gasteiger partial charge in [-0.3, -0.25) is 0 Å². The van der Waals surface area contributed by atoms with E-state index in [1.54, 1.807) is 0 Å². The maximum atomic E-state index is 13.1. The SMILES string of the molecule is C=CC(F)(F)c1ccc2c(c1)OCO2. The van der Waals surface area contributed by atoms with Crippen molar-refractivity contribution in [2.45, 2.75) is 5.92 Å². The molecule has 2 rings (SSSR count). The molecular weight excluding hydrogens is 190 g/mol. The van der Waals surface area contributed by atoms with Crippen molar-refractivity contribution >= 4 is 0 Å². The molecule has 74 valence electrons. The van der Waals surface area contributed by atoms with E-state index < -0.39 is 5.92 Å². The Labute approximate surface area is 79.8 Å². The summed E-state index contributed by atoms with van der Waals surface area (Å²) >= 11 is 0. The lowest BCUT2D eigenvalue weighted by Gasteiger charge is -2.11. The summed E-state index contributed by atoms with van der Waals surface area (Å²) in [5, 5.41) is 0. The molecule has 0 radical (unpaired) electrons. The fourth-order valence-electron chi connectivity index (χ4n) is 1.22. The van der Waals surface area contributed by atoms with Crippen LogP contribution in [0, 0.1) is 0 Å². The second kappa shape index (κ2) is 2.97. The number of benzene rings is 1. The van der Waals surface area contributed by atoms with Crippen LogP contribution in [0.3, 0.4) is 0 Å². The van der Waals surface area contributed by atoms with Crippen LogP contribution >= 0.6 is 0 Å². The summed E-state index contributed by atoms with van der Waals surface area (Å²) in [6.07, 6.45) is 0.602. The van der Waals surface area contributed by atoms with Gasteiger partial charge in [0, 0.05) is 5.56 Å². The van der Waals surface area contributed by atoms with Gasteiger partial charge in [0.25, 0.3) is 5.92 Å². The number of allylic oxidation sites excluding steroid dienone is 1. The molecule has 0 saturated carbocycles. The molecule has 0 amide bonds. The zero-order valence-electron chi connectivity index (χ0n) is 7.30. The normalized spacial score (nSPS) is 14.1. The lowest BCUT2D eigenvalue weighted by molar-refractivity contribution is 0.0523. The number of ether oxygens (including phenoxy) is 2. The topological polar surface area (TPSA) is 18.5 Å². The van der Waals surface area contributed by atoms with E-state index in [0.29, 0.717) is 17.6 Å². The van der Waals surface area contributed by atoms with Crippen LogP contribution < -0.4 is 9.47 Å². The molecule has 4 heteroatoms. The molecule has 2 nitrogen and oxygen atoms in total. The van der Waals surface area contributed by atoms with Gasteiger partial charge in [-0.25, -0.2) is 0 Å². The van der Waals surface area contributed by atoms with Crippen LogP contribution in [0.1, 0.15) is 5.56 Å². The van der Waals surface area contributed by atoms with E-state index >= 15 is 0 Å². The maximum absolute atomic E-state index is 13.1.